The molecule has 5 aliphatic rings. The molecule has 4 aromatic rings. The van der Waals surface area contributed by atoms with E-state index < -0.39 is 46.5 Å². The first-order chi connectivity index (χ1) is 31.5. The standard InChI is InChI=1S/C48H58N9O7SSi/c1-9-36(58)54-21-28-22-56(34(28)23-54)46(62)53(7)40(26(3)4)43(59)51-48(66)20-35-50-32(24-65-35)27-15-16-33-30(19-27)37-38(42(63-8)39-29(13-11-17-49-39)41(37)55(33)10-2)47(5,6)25-64-44(60)31-14-12-18-57(52-31)45(48)61/h9,11,13,15-17,19,24,26,28,31,34,38,40,42,52H,1,10,12,14,18,20-23,25H2,2-8H3,(H,51,59)/t28-,31-,34-,38?,40-,42-,48+/m0/s1. The number of carbonyl (C=O) groups is 5. The first-order valence-corrected chi connectivity index (χ1v) is 24.2. The molecular formula is C48H58N9O7SSi. The van der Waals surface area contributed by atoms with Crippen molar-refractivity contribution in [2.75, 3.05) is 46.9 Å². The van der Waals surface area contributed by atoms with Crippen LogP contribution in [0.25, 0.3) is 33.4 Å². The van der Waals surface area contributed by atoms with Gasteiger partial charge in [-0.05, 0) is 61.6 Å². The van der Waals surface area contributed by atoms with E-state index in [4.69, 9.17) is 19.4 Å². The van der Waals surface area contributed by atoms with Crippen molar-refractivity contribution in [3.63, 3.8) is 0 Å². The van der Waals surface area contributed by atoms with Crippen LogP contribution < -0.4 is 10.7 Å². The van der Waals surface area contributed by atoms with Crippen molar-refractivity contribution < 1.29 is 33.4 Å². The van der Waals surface area contributed by atoms with E-state index in [1.807, 2.05) is 25.3 Å². The van der Waals surface area contributed by atoms with Gasteiger partial charge < -0.3 is 34.1 Å². The number of methoxy groups -OCH3 is 1. The molecule has 1 unspecified atom stereocenters. The van der Waals surface area contributed by atoms with Crippen molar-refractivity contribution in [2.24, 2.45) is 17.3 Å². The number of ether oxygens (including phenoxy) is 2. The molecule has 4 aliphatic heterocycles. The van der Waals surface area contributed by atoms with Gasteiger partial charge in [0.2, 0.25) is 11.8 Å². The minimum Gasteiger partial charge on any atom is -0.464 e. The van der Waals surface area contributed by atoms with Gasteiger partial charge in [0.1, 0.15) is 23.3 Å². The Morgan fingerprint density at radius 3 is 2.70 bits per heavy atom. The summed E-state index contributed by atoms with van der Waals surface area (Å²) in [6.45, 7) is 16.1. The van der Waals surface area contributed by atoms with E-state index >= 15 is 0 Å². The second-order valence-corrected chi connectivity index (χ2v) is 21.2. The highest BCUT2D eigenvalue weighted by atomic mass is 32.1. The predicted octanol–water partition coefficient (Wildman–Crippen LogP) is 4.64. The van der Waals surface area contributed by atoms with Crippen LogP contribution in [0.15, 0.2) is 54.6 Å². The molecule has 3 saturated heterocycles. The van der Waals surface area contributed by atoms with Gasteiger partial charge >= 0.3 is 12.0 Å². The molecule has 3 aromatic heterocycles. The number of thiazole rings is 1. The Bertz CT molecular complexity index is 2630. The third-order valence-electron chi connectivity index (χ3n) is 14.3. The SMILES string of the molecule is C=CC(=O)N1C[C@H]2CN(C(=O)N(C)[C@H](C(=O)N[C@@]3([Si])Cc4nc(cs4)-c4ccc5c(c4)c4c(n5CC)-c5cccnc5[C@@H](OC)C4C(C)(C)COC(=O)[C@@H]4CCCN(N4)C3=O)C(C)C)[C@H]2C1. The van der Waals surface area contributed by atoms with E-state index in [1.54, 1.807) is 30.2 Å². The molecule has 7 heterocycles. The Morgan fingerprint density at radius 1 is 1.18 bits per heavy atom. The lowest BCUT2D eigenvalue weighted by molar-refractivity contribution is -0.157. The van der Waals surface area contributed by atoms with Gasteiger partial charge in [0.15, 0.2) is 0 Å². The summed E-state index contributed by atoms with van der Waals surface area (Å²) in [7, 11) is 7.11. The lowest BCUT2D eigenvalue weighted by Gasteiger charge is -2.46. The third-order valence-corrected chi connectivity index (χ3v) is 15.7. The van der Waals surface area contributed by atoms with Crippen LogP contribution >= 0.6 is 11.3 Å². The van der Waals surface area contributed by atoms with E-state index in [9.17, 15) is 24.0 Å². The number of cyclic esters (lactones) is 1. The van der Waals surface area contributed by atoms with Crippen molar-refractivity contribution in [2.45, 2.75) is 95.7 Å². The number of likely N-dealkylation sites (tertiary alicyclic amines) is 2. The molecule has 9 rings (SSSR count). The number of nitrogens with one attached hydrogen (secondary N) is 2. The molecule has 347 valence electrons. The maximum Gasteiger partial charge on any atom is 0.324 e. The van der Waals surface area contributed by atoms with E-state index in [-0.39, 0.29) is 55.3 Å². The predicted molar refractivity (Wildman–Crippen MR) is 250 cm³/mol. The zero-order valence-electron chi connectivity index (χ0n) is 38.6. The summed E-state index contributed by atoms with van der Waals surface area (Å²) in [6, 6.07) is 8.09. The molecule has 16 nitrogen and oxygen atoms in total. The number of carbonyl (C=O) groups excluding carboxylic acids is 5. The third kappa shape index (κ3) is 7.62. The van der Waals surface area contributed by atoms with E-state index in [0.717, 1.165) is 39.0 Å². The summed E-state index contributed by atoms with van der Waals surface area (Å²) in [5, 5.41) is 6.23. The van der Waals surface area contributed by atoms with E-state index in [2.05, 4.69) is 77.2 Å². The number of aryl methyl sites for hydroxylation is 1. The second kappa shape index (κ2) is 17.3. The van der Waals surface area contributed by atoms with E-state index in [1.165, 1.54) is 27.3 Å². The Hall–Kier alpha value is -5.43. The fraction of sp³-hybridized carbons (Fsp3) is 0.521. The van der Waals surface area contributed by atoms with Gasteiger partial charge in [0, 0.05) is 104 Å². The Morgan fingerprint density at radius 2 is 1.97 bits per heavy atom. The van der Waals surface area contributed by atoms with Crippen molar-refractivity contribution in [3.05, 3.63) is 70.8 Å². The number of fused-ring (bicyclic) bond motifs is 9. The summed E-state index contributed by atoms with van der Waals surface area (Å²) < 4.78 is 14.9. The van der Waals surface area contributed by atoms with E-state index in [0.29, 0.717) is 49.7 Å². The largest absolute Gasteiger partial charge is 0.464 e. The number of hydrogen-bond acceptors (Lipinski definition) is 11. The molecule has 3 fully saturated rings. The number of aromatic nitrogens is 3. The van der Waals surface area contributed by atoms with Gasteiger partial charge in [-0.1, -0.05) is 40.3 Å². The lowest BCUT2D eigenvalue weighted by Crippen LogP contribution is -2.69. The number of benzene rings is 1. The topological polar surface area (TPSA) is 172 Å². The van der Waals surface area contributed by atoms with Crippen LogP contribution in [0.4, 0.5) is 4.79 Å². The number of urea groups is 1. The number of rotatable bonds is 7. The lowest BCUT2D eigenvalue weighted by atomic mass is 9.67. The zero-order chi connectivity index (χ0) is 47.0. The molecule has 2 N–H and O–H groups in total. The number of hydrazine groups is 1. The molecule has 1 aliphatic carbocycles. The van der Waals surface area contributed by atoms with Crippen molar-refractivity contribution in [3.8, 4) is 22.5 Å². The van der Waals surface area contributed by atoms with Crippen LogP contribution in [0.5, 0.6) is 0 Å². The maximum absolute atomic E-state index is 15.0. The second-order valence-electron chi connectivity index (χ2n) is 19.4. The number of amides is 5. The molecule has 0 spiro atoms. The van der Waals surface area contributed by atoms with Gasteiger partial charge in [-0.2, -0.15) is 0 Å². The average molecular weight is 933 g/mol. The number of nitrogens with zero attached hydrogens (tertiary/aromatic N) is 7. The van der Waals surface area contributed by atoms with Crippen LogP contribution in [0, 0.1) is 17.3 Å². The highest BCUT2D eigenvalue weighted by molar-refractivity contribution is 7.10. The number of pyridine rings is 1. The fourth-order valence-corrected chi connectivity index (χ4v) is 12.5. The van der Waals surface area contributed by atoms with Crippen LogP contribution in [-0.4, -0.2) is 144 Å². The smallest absolute Gasteiger partial charge is 0.324 e. The van der Waals surface area contributed by atoms with Crippen LogP contribution in [-0.2, 0) is 41.6 Å². The molecule has 7 atom stereocenters. The summed E-state index contributed by atoms with van der Waals surface area (Å²) in [4.78, 5) is 85.1. The summed E-state index contributed by atoms with van der Waals surface area (Å²) in [6.07, 6.45) is 3.52. The molecule has 1 aromatic carbocycles. The molecular weight excluding hydrogens is 875 g/mol. The number of likely N-dealkylation sites (N-methyl/N-ethyl adjacent to an activating group) is 1. The number of esters is 1. The summed E-state index contributed by atoms with van der Waals surface area (Å²) >= 11 is 1.38. The van der Waals surface area contributed by atoms with Gasteiger partial charge in [-0.15, -0.1) is 11.3 Å². The minimum atomic E-state index is -1.75. The molecule has 18 heteroatoms. The molecule has 5 amide bonds. The minimum absolute atomic E-state index is 0.0443. The first-order valence-electron chi connectivity index (χ1n) is 22.9. The Labute approximate surface area is 392 Å². The van der Waals surface area contributed by atoms with Crippen LogP contribution in [0.2, 0.25) is 0 Å². The van der Waals surface area contributed by atoms with Crippen molar-refractivity contribution in [1.29, 1.82) is 0 Å². The molecule has 3 radical (unpaired) electrons. The number of hydrogen-bond donors (Lipinski definition) is 2. The fourth-order valence-electron chi connectivity index (χ4n) is 11.1. The zero-order valence-corrected chi connectivity index (χ0v) is 40.4. The highest BCUT2D eigenvalue weighted by Gasteiger charge is 2.52. The summed E-state index contributed by atoms with van der Waals surface area (Å²) in [5.74, 6) is -2.21. The first kappa shape index (κ1) is 45.7. The molecule has 6 bridgehead atoms. The maximum atomic E-state index is 15.0. The molecule has 66 heavy (non-hydrogen) atoms. The van der Waals surface area contributed by atoms with Crippen molar-refractivity contribution >= 4 is 62.2 Å². The Balaban J connectivity index is 1.09. The van der Waals surface area contributed by atoms with Crippen molar-refractivity contribution in [1.82, 2.24) is 45.0 Å². The normalized spacial score (nSPS) is 26.2. The monoisotopic (exact) mass is 932 g/mol. The molecule has 0 saturated carbocycles. The van der Waals surface area contributed by atoms with Gasteiger partial charge in [0.25, 0.3) is 5.91 Å². The van der Waals surface area contributed by atoms with Gasteiger partial charge in [0.05, 0.1) is 45.0 Å². The summed E-state index contributed by atoms with van der Waals surface area (Å²) in [5.41, 5.74) is 9.11. The van der Waals surface area contributed by atoms with Crippen LogP contribution in [0.1, 0.15) is 75.7 Å². The van der Waals surface area contributed by atoms with Crippen LogP contribution in [0.3, 0.4) is 0 Å². The van der Waals surface area contributed by atoms with Gasteiger partial charge in [-0.3, -0.25) is 29.2 Å². The highest BCUT2D eigenvalue weighted by Crippen LogP contribution is 2.57. The quantitative estimate of drug-likeness (QED) is 0.151. The average Bonchev–Trinajstić information content (AvgIpc) is 4.00. The Kier molecular flexibility index (Phi) is 12.0. The van der Waals surface area contributed by atoms with Gasteiger partial charge in [-0.25, -0.2) is 15.2 Å².